The molecule has 96 valence electrons. The standard InChI is InChI=1S/C12H14Br4O/c1-7(2)8(5-13)6-17-12-10(15)3-9(14)4-11(12)16/h3-4,7-8H,5-6H2,1-2H3. The molecular weight excluding hydrogens is 480 g/mol. The van der Waals surface area contributed by atoms with Gasteiger partial charge in [-0.25, -0.2) is 0 Å². The van der Waals surface area contributed by atoms with Crippen LogP contribution in [0, 0.1) is 11.8 Å². The summed E-state index contributed by atoms with van der Waals surface area (Å²) in [4.78, 5) is 0. The number of hydrogen-bond donors (Lipinski definition) is 0. The summed E-state index contributed by atoms with van der Waals surface area (Å²) in [6, 6.07) is 3.97. The van der Waals surface area contributed by atoms with E-state index in [2.05, 4.69) is 77.6 Å². The lowest BCUT2D eigenvalue weighted by Crippen LogP contribution is -2.19. The van der Waals surface area contributed by atoms with Crippen LogP contribution in [0.15, 0.2) is 25.6 Å². The van der Waals surface area contributed by atoms with E-state index in [1.165, 1.54) is 0 Å². The molecule has 0 bridgehead atoms. The minimum absolute atomic E-state index is 0.512. The Labute approximate surface area is 136 Å². The monoisotopic (exact) mass is 490 g/mol. The molecule has 17 heavy (non-hydrogen) atoms. The molecule has 0 aliphatic carbocycles. The van der Waals surface area contributed by atoms with Gasteiger partial charge in [0.1, 0.15) is 5.75 Å². The quantitative estimate of drug-likeness (QED) is 0.456. The van der Waals surface area contributed by atoms with Gasteiger partial charge in [0.2, 0.25) is 0 Å². The lowest BCUT2D eigenvalue weighted by molar-refractivity contribution is 0.225. The van der Waals surface area contributed by atoms with E-state index >= 15 is 0 Å². The van der Waals surface area contributed by atoms with E-state index in [-0.39, 0.29) is 0 Å². The molecule has 5 heteroatoms. The Morgan fingerprint density at radius 1 is 1.12 bits per heavy atom. The van der Waals surface area contributed by atoms with E-state index in [1.807, 2.05) is 12.1 Å². The molecule has 1 nitrogen and oxygen atoms in total. The zero-order valence-corrected chi connectivity index (χ0v) is 16.0. The van der Waals surface area contributed by atoms with Crippen molar-refractivity contribution in [2.24, 2.45) is 11.8 Å². The van der Waals surface area contributed by atoms with Crippen LogP contribution in [0.3, 0.4) is 0 Å². The maximum absolute atomic E-state index is 5.89. The molecular formula is C12H14Br4O. The van der Waals surface area contributed by atoms with E-state index in [1.54, 1.807) is 0 Å². The highest BCUT2D eigenvalue weighted by Gasteiger charge is 2.15. The third-order valence-corrected chi connectivity index (χ3v) is 5.01. The Morgan fingerprint density at radius 3 is 2.06 bits per heavy atom. The third-order valence-electron chi connectivity index (χ3n) is 2.55. The average Bonchev–Trinajstić information content (AvgIpc) is 2.21. The second-order valence-corrected chi connectivity index (χ2v) is 7.44. The molecule has 0 saturated heterocycles. The molecule has 0 aliphatic rings. The van der Waals surface area contributed by atoms with E-state index in [4.69, 9.17) is 4.74 Å². The number of benzene rings is 1. The number of hydrogen-bond acceptors (Lipinski definition) is 1. The van der Waals surface area contributed by atoms with Crippen molar-refractivity contribution in [3.63, 3.8) is 0 Å². The van der Waals surface area contributed by atoms with Gasteiger partial charge in [0.25, 0.3) is 0 Å². The van der Waals surface area contributed by atoms with Crippen molar-refractivity contribution in [2.75, 3.05) is 11.9 Å². The molecule has 1 aromatic carbocycles. The van der Waals surface area contributed by atoms with Crippen LogP contribution in [0.5, 0.6) is 5.75 Å². The Balaban J connectivity index is 2.75. The van der Waals surface area contributed by atoms with Gasteiger partial charge >= 0.3 is 0 Å². The minimum Gasteiger partial charge on any atom is -0.491 e. The van der Waals surface area contributed by atoms with E-state index in [9.17, 15) is 0 Å². The van der Waals surface area contributed by atoms with Crippen LogP contribution in [-0.2, 0) is 0 Å². The van der Waals surface area contributed by atoms with Crippen LogP contribution in [-0.4, -0.2) is 11.9 Å². The van der Waals surface area contributed by atoms with Crippen molar-refractivity contribution in [1.82, 2.24) is 0 Å². The summed E-state index contributed by atoms with van der Waals surface area (Å²) < 4.78 is 8.82. The van der Waals surface area contributed by atoms with Crippen LogP contribution < -0.4 is 4.74 Å². The molecule has 1 atom stereocenters. The van der Waals surface area contributed by atoms with E-state index < -0.39 is 0 Å². The highest BCUT2D eigenvalue weighted by Crippen LogP contribution is 2.36. The normalized spacial score (nSPS) is 12.9. The Hall–Kier alpha value is 0.940. The zero-order valence-electron chi connectivity index (χ0n) is 9.64. The number of rotatable bonds is 5. The first kappa shape index (κ1) is 16.0. The molecule has 0 amide bonds. The molecule has 0 aliphatic heterocycles. The fourth-order valence-electron chi connectivity index (χ4n) is 1.27. The maximum Gasteiger partial charge on any atom is 0.147 e. The van der Waals surface area contributed by atoms with Crippen molar-refractivity contribution < 1.29 is 4.74 Å². The van der Waals surface area contributed by atoms with Crippen LogP contribution in [0.1, 0.15) is 13.8 Å². The Bertz CT molecular complexity index is 356. The van der Waals surface area contributed by atoms with Gasteiger partial charge in [-0.1, -0.05) is 45.7 Å². The highest BCUT2D eigenvalue weighted by molar-refractivity contribution is 9.11. The summed E-state index contributed by atoms with van der Waals surface area (Å²) in [6.07, 6.45) is 0. The number of halogens is 4. The zero-order chi connectivity index (χ0) is 13.0. The Kier molecular flexibility index (Phi) is 7.07. The first-order chi connectivity index (χ1) is 7.95. The molecule has 0 N–H and O–H groups in total. The topological polar surface area (TPSA) is 9.23 Å². The van der Waals surface area contributed by atoms with E-state index in [0.717, 1.165) is 24.5 Å². The lowest BCUT2D eigenvalue weighted by Gasteiger charge is -2.20. The molecule has 1 aromatic rings. The molecule has 1 unspecified atom stereocenters. The molecule has 0 saturated carbocycles. The summed E-state index contributed by atoms with van der Waals surface area (Å²) in [6.45, 7) is 5.13. The summed E-state index contributed by atoms with van der Waals surface area (Å²) in [5.74, 6) is 1.97. The molecule has 0 aromatic heterocycles. The van der Waals surface area contributed by atoms with Gasteiger partial charge in [0, 0.05) is 15.7 Å². The molecule has 0 heterocycles. The van der Waals surface area contributed by atoms with Gasteiger partial charge in [0.05, 0.1) is 15.6 Å². The predicted octanol–water partition coefficient (Wildman–Crippen LogP) is 6.02. The second kappa shape index (κ2) is 7.51. The van der Waals surface area contributed by atoms with Gasteiger partial charge < -0.3 is 4.74 Å². The largest absolute Gasteiger partial charge is 0.491 e. The first-order valence-corrected chi connectivity index (χ1v) is 8.79. The lowest BCUT2D eigenvalue weighted by atomic mass is 9.99. The van der Waals surface area contributed by atoms with E-state index in [0.29, 0.717) is 18.4 Å². The fraction of sp³-hybridized carbons (Fsp3) is 0.500. The summed E-state index contributed by atoms with van der Waals surface area (Å²) in [7, 11) is 0. The molecule has 0 radical (unpaired) electrons. The molecule has 1 rings (SSSR count). The summed E-state index contributed by atoms with van der Waals surface area (Å²) in [5.41, 5.74) is 0. The highest BCUT2D eigenvalue weighted by atomic mass is 79.9. The van der Waals surface area contributed by atoms with Gasteiger partial charge in [-0.05, 0) is 49.9 Å². The number of ether oxygens (including phenoxy) is 1. The maximum atomic E-state index is 5.89. The second-order valence-electron chi connectivity index (χ2n) is 4.17. The van der Waals surface area contributed by atoms with Crippen molar-refractivity contribution in [3.05, 3.63) is 25.6 Å². The van der Waals surface area contributed by atoms with Crippen molar-refractivity contribution >= 4 is 63.7 Å². The molecule has 0 fully saturated rings. The van der Waals surface area contributed by atoms with Crippen LogP contribution in [0.4, 0.5) is 0 Å². The van der Waals surface area contributed by atoms with Crippen LogP contribution in [0.2, 0.25) is 0 Å². The van der Waals surface area contributed by atoms with Crippen molar-refractivity contribution in [1.29, 1.82) is 0 Å². The summed E-state index contributed by atoms with van der Waals surface area (Å²) in [5, 5.41) is 0.955. The minimum atomic E-state index is 0.512. The predicted molar refractivity (Wildman–Crippen MR) is 87.2 cm³/mol. The fourth-order valence-corrected chi connectivity index (χ4v) is 4.69. The smallest absolute Gasteiger partial charge is 0.147 e. The van der Waals surface area contributed by atoms with Gasteiger partial charge in [0.15, 0.2) is 0 Å². The van der Waals surface area contributed by atoms with Gasteiger partial charge in [-0.15, -0.1) is 0 Å². The average molecular weight is 494 g/mol. The first-order valence-electron chi connectivity index (χ1n) is 5.29. The SMILES string of the molecule is CC(C)C(CBr)COc1c(Br)cc(Br)cc1Br. The number of alkyl halides is 1. The van der Waals surface area contributed by atoms with Gasteiger partial charge in [-0.3, -0.25) is 0 Å². The third kappa shape index (κ3) is 4.84. The summed E-state index contributed by atoms with van der Waals surface area (Å²) >= 11 is 14.0. The van der Waals surface area contributed by atoms with Gasteiger partial charge in [-0.2, -0.15) is 0 Å². The van der Waals surface area contributed by atoms with Crippen molar-refractivity contribution in [3.8, 4) is 5.75 Å². The Morgan fingerprint density at radius 2 is 1.65 bits per heavy atom. The van der Waals surface area contributed by atoms with Crippen LogP contribution >= 0.6 is 63.7 Å². The molecule has 0 spiro atoms. The van der Waals surface area contributed by atoms with Crippen molar-refractivity contribution in [2.45, 2.75) is 13.8 Å². The van der Waals surface area contributed by atoms with Crippen LogP contribution in [0.25, 0.3) is 0 Å².